The van der Waals surface area contributed by atoms with Gasteiger partial charge in [-0.05, 0) is 31.1 Å². The second-order valence-corrected chi connectivity index (χ2v) is 21.0. The summed E-state index contributed by atoms with van der Waals surface area (Å²) < 4.78 is 16.9. The van der Waals surface area contributed by atoms with E-state index in [2.05, 4.69) is 34.6 Å². The summed E-state index contributed by atoms with van der Waals surface area (Å²) in [5.41, 5.74) is 0. The van der Waals surface area contributed by atoms with Crippen molar-refractivity contribution in [1.82, 2.24) is 0 Å². The van der Waals surface area contributed by atoms with E-state index in [1.54, 1.807) is 0 Å². The highest BCUT2D eigenvalue weighted by Gasteiger charge is 2.19. The minimum absolute atomic E-state index is 0.0626. The first-order chi connectivity index (χ1) is 31.8. The molecule has 0 aliphatic rings. The molecule has 0 N–H and O–H groups in total. The lowest BCUT2D eigenvalue weighted by Crippen LogP contribution is -2.30. The van der Waals surface area contributed by atoms with Crippen LogP contribution in [-0.2, 0) is 28.6 Å². The van der Waals surface area contributed by atoms with Crippen molar-refractivity contribution < 1.29 is 28.6 Å². The van der Waals surface area contributed by atoms with Gasteiger partial charge in [0.1, 0.15) is 13.2 Å². The molecule has 0 amide bonds. The molecule has 0 radical (unpaired) electrons. The van der Waals surface area contributed by atoms with Gasteiger partial charge < -0.3 is 14.2 Å². The molecule has 65 heavy (non-hydrogen) atoms. The summed E-state index contributed by atoms with van der Waals surface area (Å²) in [4.78, 5) is 38.2. The van der Waals surface area contributed by atoms with E-state index in [0.29, 0.717) is 19.3 Å². The van der Waals surface area contributed by atoms with E-state index < -0.39 is 6.10 Å². The quantitative estimate of drug-likeness (QED) is 0.0344. The number of unbranched alkanes of at least 4 members (excludes halogenated alkanes) is 37. The van der Waals surface area contributed by atoms with E-state index in [4.69, 9.17) is 14.2 Å². The molecule has 386 valence electrons. The third-order valence-electron chi connectivity index (χ3n) is 13.8. The number of carbonyl (C=O) groups excluding carboxylic acids is 3. The summed E-state index contributed by atoms with van der Waals surface area (Å²) in [6, 6.07) is 0. The lowest BCUT2D eigenvalue weighted by Gasteiger charge is -2.18. The minimum Gasteiger partial charge on any atom is -0.462 e. The monoisotopic (exact) mass is 919 g/mol. The molecule has 0 aromatic heterocycles. The molecule has 1 unspecified atom stereocenters. The standard InChI is InChI=1S/C59H114O6/c1-6-8-9-10-11-12-13-14-15-20-25-31-36-41-46-51-59(62)65-56(53-64-58(61)50-45-40-35-30-26-21-22-27-32-37-42-47-54(3)4)52-63-57(60)49-44-39-34-29-24-19-17-16-18-23-28-33-38-43-48-55(5)7-2/h54-56H,6-53H2,1-5H3/t55?,56-/m0/s1. The van der Waals surface area contributed by atoms with Crippen molar-refractivity contribution in [3.05, 3.63) is 0 Å². The maximum atomic E-state index is 12.8. The van der Waals surface area contributed by atoms with Crippen molar-refractivity contribution in [2.75, 3.05) is 13.2 Å². The number of hydrogen-bond donors (Lipinski definition) is 0. The normalized spacial score (nSPS) is 12.5. The topological polar surface area (TPSA) is 78.9 Å². The Kier molecular flexibility index (Phi) is 50.5. The van der Waals surface area contributed by atoms with Gasteiger partial charge in [-0.15, -0.1) is 0 Å². The van der Waals surface area contributed by atoms with Crippen molar-refractivity contribution in [2.45, 2.75) is 336 Å². The smallest absolute Gasteiger partial charge is 0.306 e. The lowest BCUT2D eigenvalue weighted by molar-refractivity contribution is -0.167. The molecule has 0 saturated carbocycles. The van der Waals surface area contributed by atoms with Crippen LogP contribution in [0.1, 0.15) is 330 Å². The Bertz CT molecular complexity index is 995. The summed E-state index contributed by atoms with van der Waals surface area (Å²) in [5, 5.41) is 0. The summed E-state index contributed by atoms with van der Waals surface area (Å²) >= 11 is 0. The molecule has 0 spiro atoms. The van der Waals surface area contributed by atoms with Crippen molar-refractivity contribution in [3.8, 4) is 0 Å². The van der Waals surface area contributed by atoms with Crippen LogP contribution in [0.3, 0.4) is 0 Å². The first kappa shape index (κ1) is 63.4. The fraction of sp³-hybridized carbons (Fsp3) is 0.949. The number of rotatable bonds is 53. The Labute approximate surface area is 406 Å². The first-order valence-corrected chi connectivity index (χ1v) is 29.3. The fourth-order valence-electron chi connectivity index (χ4n) is 9.02. The SMILES string of the molecule is CCCCCCCCCCCCCCCCCC(=O)O[C@@H](COC(=O)CCCCCCCCCCCCCCCCC(C)CC)COC(=O)CCCCCCCCCCCCCC(C)C. The number of hydrogen-bond acceptors (Lipinski definition) is 6. The lowest BCUT2D eigenvalue weighted by atomic mass is 9.99. The van der Waals surface area contributed by atoms with Crippen LogP contribution >= 0.6 is 0 Å². The maximum absolute atomic E-state index is 12.8. The van der Waals surface area contributed by atoms with Crippen LogP contribution in [0.4, 0.5) is 0 Å². The van der Waals surface area contributed by atoms with Crippen molar-refractivity contribution >= 4 is 17.9 Å². The van der Waals surface area contributed by atoms with Gasteiger partial charge >= 0.3 is 17.9 Å². The first-order valence-electron chi connectivity index (χ1n) is 29.3. The molecule has 0 aromatic carbocycles. The average molecular weight is 920 g/mol. The molecule has 0 rings (SSSR count). The molecular weight excluding hydrogens is 805 g/mol. The van der Waals surface area contributed by atoms with Gasteiger partial charge in [-0.2, -0.15) is 0 Å². The van der Waals surface area contributed by atoms with Gasteiger partial charge in [0.2, 0.25) is 0 Å². The fourth-order valence-corrected chi connectivity index (χ4v) is 9.02. The zero-order valence-corrected chi connectivity index (χ0v) is 44.6. The molecule has 0 heterocycles. The van der Waals surface area contributed by atoms with Crippen molar-refractivity contribution in [3.63, 3.8) is 0 Å². The van der Waals surface area contributed by atoms with Gasteiger partial charge in [-0.25, -0.2) is 0 Å². The van der Waals surface area contributed by atoms with Crippen LogP contribution in [0.2, 0.25) is 0 Å². The van der Waals surface area contributed by atoms with Crippen LogP contribution in [0.5, 0.6) is 0 Å². The molecule has 2 atom stereocenters. The van der Waals surface area contributed by atoms with Gasteiger partial charge in [0.05, 0.1) is 0 Å². The molecule has 0 aromatic rings. The van der Waals surface area contributed by atoms with E-state index in [-0.39, 0.29) is 31.1 Å². The van der Waals surface area contributed by atoms with E-state index >= 15 is 0 Å². The van der Waals surface area contributed by atoms with Gasteiger partial charge in [0.15, 0.2) is 6.10 Å². The summed E-state index contributed by atoms with van der Waals surface area (Å²) in [7, 11) is 0. The number of ether oxygens (including phenoxy) is 3. The van der Waals surface area contributed by atoms with E-state index in [0.717, 1.165) is 69.6 Å². The Morgan fingerprint density at radius 1 is 0.323 bits per heavy atom. The second kappa shape index (κ2) is 51.8. The number of esters is 3. The Morgan fingerprint density at radius 3 is 0.877 bits per heavy atom. The van der Waals surface area contributed by atoms with Crippen LogP contribution in [0.15, 0.2) is 0 Å². The summed E-state index contributed by atoms with van der Waals surface area (Å²) in [6.45, 7) is 11.4. The summed E-state index contributed by atoms with van der Waals surface area (Å²) in [5.74, 6) is 0.884. The Balaban J connectivity index is 4.29. The van der Waals surface area contributed by atoms with E-state index in [9.17, 15) is 14.4 Å². The van der Waals surface area contributed by atoms with Crippen LogP contribution < -0.4 is 0 Å². The molecule has 0 fully saturated rings. The zero-order chi connectivity index (χ0) is 47.5. The predicted molar refractivity (Wildman–Crippen MR) is 280 cm³/mol. The van der Waals surface area contributed by atoms with Gasteiger partial charge in [-0.3, -0.25) is 14.4 Å². The van der Waals surface area contributed by atoms with Gasteiger partial charge in [0, 0.05) is 19.3 Å². The summed E-state index contributed by atoms with van der Waals surface area (Å²) in [6.07, 6.45) is 55.1. The highest BCUT2D eigenvalue weighted by molar-refractivity contribution is 5.71. The van der Waals surface area contributed by atoms with Crippen molar-refractivity contribution in [2.24, 2.45) is 11.8 Å². The number of carbonyl (C=O) groups is 3. The molecular formula is C59H114O6. The molecule has 6 heteroatoms. The average Bonchev–Trinajstić information content (AvgIpc) is 3.29. The van der Waals surface area contributed by atoms with E-state index in [1.807, 2.05) is 0 Å². The second-order valence-electron chi connectivity index (χ2n) is 21.0. The zero-order valence-electron chi connectivity index (χ0n) is 44.6. The molecule has 0 bridgehead atoms. The predicted octanol–water partition coefficient (Wildman–Crippen LogP) is 19.3. The van der Waals surface area contributed by atoms with Crippen LogP contribution in [-0.4, -0.2) is 37.2 Å². The molecule has 0 aliphatic heterocycles. The van der Waals surface area contributed by atoms with Crippen LogP contribution in [0.25, 0.3) is 0 Å². The van der Waals surface area contributed by atoms with Crippen molar-refractivity contribution in [1.29, 1.82) is 0 Å². The molecule has 6 nitrogen and oxygen atoms in total. The van der Waals surface area contributed by atoms with Gasteiger partial charge in [-0.1, -0.05) is 291 Å². The minimum atomic E-state index is -0.763. The third-order valence-corrected chi connectivity index (χ3v) is 13.8. The van der Waals surface area contributed by atoms with E-state index in [1.165, 1.54) is 218 Å². The maximum Gasteiger partial charge on any atom is 0.306 e. The molecule has 0 saturated heterocycles. The van der Waals surface area contributed by atoms with Crippen LogP contribution in [0, 0.1) is 11.8 Å². The highest BCUT2D eigenvalue weighted by atomic mass is 16.6. The van der Waals surface area contributed by atoms with Gasteiger partial charge in [0.25, 0.3) is 0 Å². The Morgan fingerprint density at radius 2 is 0.585 bits per heavy atom. The highest BCUT2D eigenvalue weighted by Crippen LogP contribution is 2.19. The third kappa shape index (κ3) is 51.6. The largest absolute Gasteiger partial charge is 0.462 e. The Hall–Kier alpha value is -1.59. The molecule has 0 aliphatic carbocycles.